The number of hydrogen-bond donors (Lipinski definition) is 1. The Labute approximate surface area is 132 Å². The van der Waals surface area contributed by atoms with Crippen LogP contribution in [0.5, 0.6) is 0 Å². The summed E-state index contributed by atoms with van der Waals surface area (Å²) in [6.45, 7) is 6.19. The van der Waals surface area contributed by atoms with Crippen molar-refractivity contribution in [2.75, 3.05) is 32.8 Å². The van der Waals surface area contributed by atoms with Crippen LogP contribution < -0.4 is 5.32 Å². The molecule has 4 nitrogen and oxygen atoms in total. The molecule has 1 atom stereocenters. The third-order valence-corrected chi connectivity index (χ3v) is 3.96. The van der Waals surface area contributed by atoms with Crippen molar-refractivity contribution in [1.29, 1.82) is 0 Å². The maximum absolute atomic E-state index is 12.1. The molecule has 6 heteroatoms. The van der Waals surface area contributed by atoms with E-state index in [4.69, 9.17) is 16.3 Å². The van der Waals surface area contributed by atoms with Crippen LogP contribution in [0.15, 0.2) is 22.7 Å². The Balaban J connectivity index is 1.88. The largest absolute Gasteiger partial charge is 0.374 e. The Hall–Kier alpha value is -0.620. The number of rotatable bonds is 4. The highest BCUT2D eigenvalue weighted by atomic mass is 79.9. The summed E-state index contributed by atoms with van der Waals surface area (Å²) >= 11 is 9.27. The lowest BCUT2D eigenvalue weighted by Crippen LogP contribution is -2.47. The minimum Gasteiger partial charge on any atom is -0.374 e. The normalized spacial score (nSPS) is 19.9. The minimum absolute atomic E-state index is 0.0512. The molecule has 1 aliphatic rings. The van der Waals surface area contributed by atoms with Crippen LogP contribution in [0.4, 0.5) is 0 Å². The number of benzene rings is 1. The van der Waals surface area contributed by atoms with Gasteiger partial charge in [-0.2, -0.15) is 0 Å². The number of hydrogen-bond acceptors (Lipinski definition) is 3. The summed E-state index contributed by atoms with van der Waals surface area (Å²) in [5, 5.41) is 3.44. The van der Waals surface area contributed by atoms with Crippen molar-refractivity contribution < 1.29 is 9.53 Å². The van der Waals surface area contributed by atoms with Crippen molar-refractivity contribution >= 4 is 33.4 Å². The van der Waals surface area contributed by atoms with Crippen molar-refractivity contribution in [2.24, 2.45) is 0 Å². The first kappa shape index (κ1) is 15.8. The van der Waals surface area contributed by atoms with Gasteiger partial charge in [-0.15, -0.1) is 0 Å². The summed E-state index contributed by atoms with van der Waals surface area (Å²) in [6.07, 6.45) is 0.0512. The van der Waals surface area contributed by atoms with Crippen LogP contribution in [0.2, 0.25) is 5.02 Å². The third-order valence-electron chi connectivity index (χ3n) is 3.29. The van der Waals surface area contributed by atoms with Gasteiger partial charge in [-0.25, -0.2) is 0 Å². The van der Waals surface area contributed by atoms with E-state index in [0.29, 0.717) is 17.1 Å². The van der Waals surface area contributed by atoms with Crippen molar-refractivity contribution in [3.63, 3.8) is 0 Å². The van der Waals surface area contributed by atoms with E-state index in [1.807, 2.05) is 0 Å². The molecule has 20 heavy (non-hydrogen) atoms. The van der Waals surface area contributed by atoms with Crippen molar-refractivity contribution in [3.8, 4) is 0 Å². The minimum atomic E-state index is -0.134. The molecule has 1 aromatic carbocycles. The van der Waals surface area contributed by atoms with E-state index < -0.39 is 0 Å². The van der Waals surface area contributed by atoms with Crippen LogP contribution in [0.1, 0.15) is 17.3 Å². The topological polar surface area (TPSA) is 41.6 Å². The molecule has 0 radical (unpaired) electrons. The number of halogens is 2. The Morgan fingerprint density at radius 1 is 1.55 bits per heavy atom. The molecule has 0 aromatic heterocycles. The fraction of sp³-hybridized carbons (Fsp3) is 0.500. The monoisotopic (exact) mass is 360 g/mol. The molecule has 1 fully saturated rings. The summed E-state index contributed by atoms with van der Waals surface area (Å²) in [7, 11) is 0. The molecule has 1 N–H and O–H groups in total. The van der Waals surface area contributed by atoms with Gasteiger partial charge in [0.15, 0.2) is 0 Å². The molecule has 1 heterocycles. The first-order valence-corrected chi connectivity index (χ1v) is 7.84. The molecule has 110 valence electrons. The number of carbonyl (C=O) groups is 1. The van der Waals surface area contributed by atoms with E-state index in [9.17, 15) is 4.79 Å². The quantitative estimate of drug-likeness (QED) is 0.896. The number of nitrogens with one attached hydrogen (secondary N) is 1. The summed E-state index contributed by atoms with van der Waals surface area (Å²) in [6, 6.07) is 5.16. The third kappa shape index (κ3) is 4.45. The highest BCUT2D eigenvalue weighted by molar-refractivity contribution is 9.10. The molecule has 0 bridgehead atoms. The molecular formula is C14H18BrClN2O2. The zero-order chi connectivity index (χ0) is 14.5. The zero-order valence-corrected chi connectivity index (χ0v) is 13.7. The SMILES string of the molecule is CCN1CCOC(CNC(=O)c2cc(Cl)cc(Br)c2)C1. The van der Waals surface area contributed by atoms with Gasteiger partial charge in [0.1, 0.15) is 0 Å². The van der Waals surface area contributed by atoms with Gasteiger partial charge in [0.25, 0.3) is 5.91 Å². The van der Waals surface area contributed by atoms with Crippen LogP contribution >= 0.6 is 27.5 Å². The molecule has 1 aromatic rings. The predicted molar refractivity (Wildman–Crippen MR) is 83.3 cm³/mol. The second kappa shape index (κ2) is 7.41. The predicted octanol–water partition coefficient (Wildman–Crippen LogP) is 2.55. The molecule has 0 spiro atoms. The maximum atomic E-state index is 12.1. The Kier molecular flexibility index (Phi) is 5.84. The number of ether oxygens (including phenoxy) is 1. The highest BCUT2D eigenvalue weighted by Gasteiger charge is 2.20. The van der Waals surface area contributed by atoms with Crippen LogP contribution in [0.3, 0.4) is 0 Å². The fourth-order valence-electron chi connectivity index (χ4n) is 2.18. The number of amides is 1. The Bertz CT molecular complexity index is 464. The molecule has 1 aliphatic heterocycles. The average Bonchev–Trinajstić information content (AvgIpc) is 2.44. The zero-order valence-electron chi connectivity index (χ0n) is 11.4. The fourth-order valence-corrected chi connectivity index (χ4v) is 3.04. The molecule has 0 saturated carbocycles. The van der Waals surface area contributed by atoms with Crippen molar-refractivity contribution in [1.82, 2.24) is 10.2 Å². The first-order chi connectivity index (χ1) is 9.58. The second-order valence-electron chi connectivity index (χ2n) is 4.75. The van der Waals surface area contributed by atoms with Gasteiger partial charge in [0.2, 0.25) is 0 Å². The van der Waals surface area contributed by atoms with Crippen molar-refractivity contribution in [3.05, 3.63) is 33.3 Å². The Morgan fingerprint density at radius 3 is 3.05 bits per heavy atom. The van der Waals surface area contributed by atoms with Gasteiger partial charge < -0.3 is 10.1 Å². The van der Waals surface area contributed by atoms with Crippen LogP contribution in [-0.4, -0.2) is 49.7 Å². The van der Waals surface area contributed by atoms with E-state index in [2.05, 4.69) is 33.1 Å². The van der Waals surface area contributed by atoms with Gasteiger partial charge in [-0.3, -0.25) is 9.69 Å². The van der Waals surface area contributed by atoms with Gasteiger partial charge in [-0.05, 0) is 24.7 Å². The first-order valence-electron chi connectivity index (χ1n) is 6.66. The average molecular weight is 362 g/mol. The van der Waals surface area contributed by atoms with Crippen LogP contribution in [0.25, 0.3) is 0 Å². The van der Waals surface area contributed by atoms with E-state index in [1.54, 1.807) is 18.2 Å². The van der Waals surface area contributed by atoms with Gasteiger partial charge in [-0.1, -0.05) is 34.5 Å². The molecular weight excluding hydrogens is 344 g/mol. The molecule has 1 amide bonds. The highest BCUT2D eigenvalue weighted by Crippen LogP contribution is 2.19. The lowest BCUT2D eigenvalue weighted by atomic mass is 10.2. The summed E-state index contributed by atoms with van der Waals surface area (Å²) in [4.78, 5) is 14.4. The molecule has 0 aliphatic carbocycles. The number of likely N-dealkylation sites (N-methyl/N-ethyl adjacent to an activating group) is 1. The lowest BCUT2D eigenvalue weighted by molar-refractivity contribution is -0.0246. The molecule has 2 rings (SSSR count). The van der Waals surface area contributed by atoms with Gasteiger partial charge >= 0.3 is 0 Å². The van der Waals surface area contributed by atoms with E-state index in [-0.39, 0.29) is 12.0 Å². The van der Waals surface area contributed by atoms with E-state index >= 15 is 0 Å². The summed E-state index contributed by atoms with van der Waals surface area (Å²) in [5.41, 5.74) is 0.549. The standard InChI is InChI=1S/C14H18BrClN2O2/c1-2-18-3-4-20-13(9-18)8-17-14(19)10-5-11(15)7-12(16)6-10/h5-7,13H,2-4,8-9H2,1H3,(H,17,19). The van der Waals surface area contributed by atoms with Gasteiger partial charge in [0, 0.05) is 34.7 Å². The molecule has 1 saturated heterocycles. The van der Waals surface area contributed by atoms with E-state index in [1.165, 1.54) is 0 Å². The smallest absolute Gasteiger partial charge is 0.251 e. The van der Waals surface area contributed by atoms with E-state index in [0.717, 1.165) is 30.7 Å². The Morgan fingerprint density at radius 2 is 2.35 bits per heavy atom. The number of carbonyl (C=O) groups excluding carboxylic acids is 1. The number of nitrogens with zero attached hydrogens (tertiary/aromatic N) is 1. The lowest BCUT2D eigenvalue weighted by Gasteiger charge is -2.32. The van der Waals surface area contributed by atoms with Crippen LogP contribution in [0, 0.1) is 0 Å². The maximum Gasteiger partial charge on any atom is 0.251 e. The summed E-state index contributed by atoms with van der Waals surface area (Å²) in [5.74, 6) is -0.134. The molecule has 1 unspecified atom stereocenters. The number of morpholine rings is 1. The second-order valence-corrected chi connectivity index (χ2v) is 6.11. The van der Waals surface area contributed by atoms with Crippen molar-refractivity contribution in [2.45, 2.75) is 13.0 Å². The van der Waals surface area contributed by atoms with Crippen LogP contribution in [-0.2, 0) is 4.74 Å². The van der Waals surface area contributed by atoms with Gasteiger partial charge in [0.05, 0.1) is 12.7 Å². The summed E-state index contributed by atoms with van der Waals surface area (Å²) < 4.78 is 6.44.